The molecule has 0 aliphatic carbocycles. The van der Waals surface area contributed by atoms with Crippen molar-refractivity contribution in [1.29, 1.82) is 0 Å². The number of carbonyl (C=O) groups is 1. The third-order valence-corrected chi connectivity index (χ3v) is 4.79. The first-order chi connectivity index (χ1) is 10.5. The van der Waals surface area contributed by atoms with Gasteiger partial charge < -0.3 is 14.9 Å². The third-order valence-electron chi connectivity index (χ3n) is 4.50. The Balaban J connectivity index is 1.65. The lowest BCUT2D eigenvalue weighted by molar-refractivity contribution is 0.0175. The van der Waals surface area contributed by atoms with Crippen LogP contribution in [-0.4, -0.2) is 59.1 Å². The highest BCUT2D eigenvalue weighted by molar-refractivity contribution is 6.31. The molecule has 2 aliphatic heterocycles. The molecule has 2 aliphatic rings. The fourth-order valence-corrected chi connectivity index (χ4v) is 3.51. The second kappa shape index (κ2) is 6.14. The maximum atomic E-state index is 13.2. The van der Waals surface area contributed by atoms with Crippen LogP contribution in [-0.2, 0) is 0 Å². The van der Waals surface area contributed by atoms with Crippen LogP contribution >= 0.6 is 11.6 Å². The maximum absolute atomic E-state index is 13.2. The molecule has 120 valence electrons. The van der Waals surface area contributed by atoms with Crippen LogP contribution in [0.25, 0.3) is 0 Å². The van der Waals surface area contributed by atoms with Crippen molar-refractivity contribution in [2.45, 2.75) is 24.9 Å². The van der Waals surface area contributed by atoms with Gasteiger partial charge in [0.1, 0.15) is 5.82 Å². The van der Waals surface area contributed by atoms with Crippen LogP contribution in [0, 0.1) is 5.82 Å². The molecule has 6 heteroatoms. The first-order valence-corrected chi connectivity index (χ1v) is 8.04. The molecular formula is C16H20ClFN2O2. The van der Waals surface area contributed by atoms with Crippen LogP contribution < -0.4 is 0 Å². The summed E-state index contributed by atoms with van der Waals surface area (Å²) in [6, 6.07) is 3.97. The second-order valence-corrected chi connectivity index (χ2v) is 6.72. The third kappa shape index (κ3) is 3.26. The number of halogens is 2. The Morgan fingerprint density at radius 2 is 2.05 bits per heavy atom. The van der Waals surface area contributed by atoms with Crippen LogP contribution in [0.5, 0.6) is 0 Å². The molecule has 4 nitrogen and oxygen atoms in total. The molecule has 2 saturated heterocycles. The minimum absolute atomic E-state index is 0.0580. The van der Waals surface area contributed by atoms with E-state index in [1.54, 1.807) is 4.90 Å². The van der Waals surface area contributed by atoms with Crippen LogP contribution in [0.1, 0.15) is 29.6 Å². The number of hydrogen-bond donors (Lipinski definition) is 1. The molecule has 0 saturated carbocycles. The summed E-state index contributed by atoms with van der Waals surface area (Å²) in [6.07, 6.45) is 2.92. The number of amides is 1. The molecule has 1 aromatic rings. The largest absolute Gasteiger partial charge is 0.387 e. The predicted octanol–water partition coefficient (Wildman–Crippen LogP) is 2.15. The SMILES string of the molecule is O=C(c1ccc(F)c(Cl)c1)N1CC[C@@](O)(CN2CCCC2)C1. The summed E-state index contributed by atoms with van der Waals surface area (Å²) < 4.78 is 13.2. The van der Waals surface area contributed by atoms with Crippen molar-refractivity contribution in [2.24, 2.45) is 0 Å². The number of likely N-dealkylation sites (tertiary alicyclic amines) is 2. The smallest absolute Gasteiger partial charge is 0.254 e. The monoisotopic (exact) mass is 326 g/mol. The highest BCUT2D eigenvalue weighted by Gasteiger charge is 2.40. The van der Waals surface area contributed by atoms with E-state index in [2.05, 4.69) is 4.90 Å². The van der Waals surface area contributed by atoms with Gasteiger partial charge >= 0.3 is 0 Å². The summed E-state index contributed by atoms with van der Waals surface area (Å²) in [6.45, 7) is 3.48. The number of β-amino-alcohol motifs (C(OH)–C–C–N with tert-alkyl or cyclic N) is 1. The number of benzene rings is 1. The van der Waals surface area contributed by atoms with Crippen molar-refractivity contribution >= 4 is 17.5 Å². The Morgan fingerprint density at radius 3 is 2.73 bits per heavy atom. The number of carbonyl (C=O) groups excluding carboxylic acids is 1. The lowest BCUT2D eigenvalue weighted by Gasteiger charge is -2.28. The molecule has 0 spiro atoms. The van der Waals surface area contributed by atoms with Crippen molar-refractivity contribution in [3.05, 3.63) is 34.6 Å². The first kappa shape index (κ1) is 15.7. The summed E-state index contributed by atoms with van der Waals surface area (Å²) in [5.74, 6) is -0.746. The van der Waals surface area contributed by atoms with Crippen LogP contribution in [0.4, 0.5) is 4.39 Å². The zero-order valence-corrected chi connectivity index (χ0v) is 13.2. The number of nitrogens with zero attached hydrogens (tertiary/aromatic N) is 2. The lowest BCUT2D eigenvalue weighted by atomic mass is 10.0. The average molecular weight is 327 g/mol. The standard InChI is InChI=1S/C16H20ClFN2O2/c17-13-9-12(3-4-14(13)18)15(21)20-8-5-16(22,11-20)10-19-6-1-2-7-19/h3-4,9,22H,1-2,5-8,10-11H2/t16-/m1/s1. The number of rotatable bonds is 3. The van der Waals surface area contributed by atoms with E-state index in [9.17, 15) is 14.3 Å². The Labute approximate surface area is 134 Å². The summed E-state index contributed by atoms with van der Waals surface area (Å²) in [4.78, 5) is 16.3. The van der Waals surface area contributed by atoms with Gasteiger partial charge in [0.2, 0.25) is 0 Å². The molecular weight excluding hydrogens is 307 g/mol. The van der Waals surface area contributed by atoms with E-state index in [1.807, 2.05) is 0 Å². The van der Waals surface area contributed by atoms with E-state index in [4.69, 9.17) is 11.6 Å². The van der Waals surface area contributed by atoms with Gasteiger partial charge in [-0.25, -0.2) is 4.39 Å². The van der Waals surface area contributed by atoms with E-state index in [0.717, 1.165) is 13.1 Å². The van der Waals surface area contributed by atoms with E-state index in [-0.39, 0.29) is 10.9 Å². The first-order valence-electron chi connectivity index (χ1n) is 7.66. The second-order valence-electron chi connectivity index (χ2n) is 6.31. The van der Waals surface area contributed by atoms with E-state index in [0.29, 0.717) is 31.6 Å². The van der Waals surface area contributed by atoms with Gasteiger partial charge in [-0.15, -0.1) is 0 Å². The molecule has 0 aromatic heterocycles. The van der Waals surface area contributed by atoms with Gasteiger partial charge in [-0.2, -0.15) is 0 Å². The highest BCUT2D eigenvalue weighted by atomic mass is 35.5. The van der Waals surface area contributed by atoms with Crippen LogP contribution in [0.15, 0.2) is 18.2 Å². The molecule has 0 unspecified atom stereocenters. The summed E-state index contributed by atoms with van der Waals surface area (Å²) in [7, 11) is 0. The van der Waals surface area contributed by atoms with E-state index in [1.165, 1.54) is 31.0 Å². The van der Waals surface area contributed by atoms with E-state index < -0.39 is 11.4 Å². The number of aliphatic hydroxyl groups is 1. The van der Waals surface area contributed by atoms with Crippen molar-refractivity contribution in [3.63, 3.8) is 0 Å². The van der Waals surface area contributed by atoms with Crippen molar-refractivity contribution < 1.29 is 14.3 Å². The zero-order valence-electron chi connectivity index (χ0n) is 12.4. The lowest BCUT2D eigenvalue weighted by Crippen LogP contribution is -2.45. The molecule has 22 heavy (non-hydrogen) atoms. The normalized spacial score (nSPS) is 25.9. The summed E-state index contributed by atoms with van der Waals surface area (Å²) >= 11 is 5.73. The molecule has 1 N–H and O–H groups in total. The number of hydrogen-bond acceptors (Lipinski definition) is 3. The van der Waals surface area contributed by atoms with Gasteiger partial charge in [0.05, 0.1) is 17.2 Å². The van der Waals surface area contributed by atoms with Gasteiger partial charge in [-0.05, 0) is 50.6 Å². The average Bonchev–Trinajstić information content (AvgIpc) is 3.11. The fraction of sp³-hybridized carbons (Fsp3) is 0.562. The summed E-state index contributed by atoms with van der Waals surface area (Å²) in [5, 5.41) is 10.6. The molecule has 1 amide bonds. The minimum Gasteiger partial charge on any atom is -0.387 e. The molecule has 1 aromatic carbocycles. The van der Waals surface area contributed by atoms with Gasteiger partial charge in [-0.1, -0.05) is 11.6 Å². The molecule has 0 bridgehead atoms. The van der Waals surface area contributed by atoms with E-state index >= 15 is 0 Å². The minimum atomic E-state index is -0.843. The van der Waals surface area contributed by atoms with Gasteiger partial charge in [-0.3, -0.25) is 4.79 Å². The van der Waals surface area contributed by atoms with Crippen LogP contribution in [0.3, 0.4) is 0 Å². The maximum Gasteiger partial charge on any atom is 0.254 e. The topological polar surface area (TPSA) is 43.8 Å². The zero-order chi connectivity index (χ0) is 15.7. The highest BCUT2D eigenvalue weighted by Crippen LogP contribution is 2.26. The van der Waals surface area contributed by atoms with Gasteiger partial charge in [0.15, 0.2) is 0 Å². The van der Waals surface area contributed by atoms with Crippen molar-refractivity contribution in [3.8, 4) is 0 Å². The molecule has 3 rings (SSSR count). The fourth-order valence-electron chi connectivity index (χ4n) is 3.33. The molecule has 1 atom stereocenters. The van der Waals surface area contributed by atoms with Crippen LogP contribution in [0.2, 0.25) is 5.02 Å². The Morgan fingerprint density at radius 1 is 1.32 bits per heavy atom. The Hall–Kier alpha value is -1.17. The summed E-state index contributed by atoms with van der Waals surface area (Å²) in [5.41, 5.74) is -0.485. The molecule has 2 heterocycles. The van der Waals surface area contributed by atoms with Crippen molar-refractivity contribution in [2.75, 3.05) is 32.7 Å². The van der Waals surface area contributed by atoms with Gasteiger partial charge in [0, 0.05) is 18.7 Å². The Kier molecular flexibility index (Phi) is 4.39. The van der Waals surface area contributed by atoms with Gasteiger partial charge in [0.25, 0.3) is 5.91 Å². The quantitative estimate of drug-likeness (QED) is 0.925. The van der Waals surface area contributed by atoms with Crippen molar-refractivity contribution in [1.82, 2.24) is 9.80 Å². The predicted molar refractivity (Wildman–Crippen MR) is 82.6 cm³/mol. The Bertz CT molecular complexity index is 577. The molecule has 2 fully saturated rings. The molecule has 0 radical (unpaired) electrons.